The predicted molar refractivity (Wildman–Crippen MR) is 265 cm³/mol. The number of benzene rings is 2. The summed E-state index contributed by atoms with van der Waals surface area (Å²) >= 11 is 0. The van der Waals surface area contributed by atoms with Crippen molar-refractivity contribution in [1.29, 1.82) is 0 Å². The summed E-state index contributed by atoms with van der Waals surface area (Å²) in [6.45, 7) is 6.85. The SMILES string of the molecule is CC(C)CCCCCCCCCCCC(=O)N(C)C(CO)C(=O)NC(C)C(=O)NCC(=O)N(C)CC(=O)NC(C)C(=O)NC(Cc1ccc(O)c(-c2ccccc2O[C@H]2O[C@H](C)[C@@H](O)[C@H](O)[C@@H]2O)c1)C(=O)O. The molecule has 72 heavy (non-hydrogen) atoms. The van der Waals surface area contributed by atoms with Gasteiger partial charge in [-0.1, -0.05) is 95.9 Å². The third-order valence-electron chi connectivity index (χ3n) is 12.6. The lowest BCUT2D eigenvalue weighted by atomic mass is 9.97. The van der Waals surface area contributed by atoms with Gasteiger partial charge in [-0.25, -0.2) is 4.79 Å². The molecule has 3 rings (SSSR count). The number of amides is 6. The molecule has 2 aromatic rings. The van der Waals surface area contributed by atoms with Crippen molar-refractivity contribution in [3.63, 3.8) is 0 Å². The van der Waals surface area contributed by atoms with Crippen LogP contribution in [0.25, 0.3) is 11.1 Å². The van der Waals surface area contributed by atoms with Crippen LogP contribution in [0.5, 0.6) is 11.5 Å². The first-order valence-electron chi connectivity index (χ1n) is 24.8. The van der Waals surface area contributed by atoms with Crippen LogP contribution in [0.4, 0.5) is 0 Å². The van der Waals surface area contributed by atoms with Gasteiger partial charge in [0.1, 0.15) is 54.0 Å². The number of aliphatic hydroxyl groups is 4. The zero-order chi connectivity index (χ0) is 53.7. The molecule has 0 bridgehead atoms. The molecule has 21 heteroatoms. The second-order valence-corrected chi connectivity index (χ2v) is 19.1. The number of likely N-dealkylation sites (N-methyl/N-ethyl adjacent to an activating group) is 2. The molecule has 9 atom stereocenters. The lowest BCUT2D eigenvalue weighted by molar-refractivity contribution is -0.268. The second kappa shape index (κ2) is 30.2. The van der Waals surface area contributed by atoms with Gasteiger partial charge in [-0.05, 0) is 56.9 Å². The van der Waals surface area contributed by atoms with Gasteiger partial charge in [0.2, 0.25) is 41.7 Å². The zero-order valence-corrected chi connectivity index (χ0v) is 42.7. The summed E-state index contributed by atoms with van der Waals surface area (Å²) in [6, 6.07) is 5.43. The summed E-state index contributed by atoms with van der Waals surface area (Å²) in [6.07, 6.45) is 4.21. The number of carbonyl (C=O) groups is 7. The number of phenols is 1. The molecule has 21 nitrogen and oxygen atoms in total. The summed E-state index contributed by atoms with van der Waals surface area (Å²) in [5, 5.41) is 71.3. The van der Waals surface area contributed by atoms with Crippen LogP contribution in [0, 0.1) is 5.92 Å². The monoisotopic (exact) mass is 1010 g/mol. The Morgan fingerprint density at radius 2 is 1.33 bits per heavy atom. The Kier molecular flexibility index (Phi) is 25.4. The van der Waals surface area contributed by atoms with E-state index in [9.17, 15) is 64.2 Å². The van der Waals surface area contributed by atoms with E-state index >= 15 is 0 Å². The van der Waals surface area contributed by atoms with Crippen molar-refractivity contribution in [2.45, 2.75) is 167 Å². The standard InChI is InChI=1S/C51H78N6O15/c1-30(2)19-15-13-11-9-8-10-12-14-16-22-42(61)57(7)38(29-58)49(68)54-31(3)47(66)52-27-43(62)56(6)28-41(60)53-32(4)48(67)55-37(50(69)70)26-34-23-24-39(59)36(25-34)35-20-17-18-21-40(35)72-51-46(65)45(64)44(63)33(5)71-51/h17-18,20-21,23-25,30-33,37-38,44-46,51,58-59,63-65H,8-16,19,22,26-29H2,1-7H3,(H,52,66)(H,53,60)(H,54,68)(H,55,67)(H,69,70)/t31?,32?,33-,37?,38?,44-,45+,46+,51-/m1/s1. The molecule has 1 aliphatic heterocycles. The van der Waals surface area contributed by atoms with E-state index in [0.717, 1.165) is 35.0 Å². The van der Waals surface area contributed by atoms with Crippen molar-refractivity contribution in [2.24, 2.45) is 5.92 Å². The topological polar surface area (TPSA) is 314 Å². The van der Waals surface area contributed by atoms with Crippen LogP contribution in [-0.2, 0) is 44.7 Å². The zero-order valence-electron chi connectivity index (χ0n) is 42.7. The Hall–Kier alpha value is -5.87. The predicted octanol–water partition coefficient (Wildman–Crippen LogP) is 1.73. The summed E-state index contributed by atoms with van der Waals surface area (Å²) in [5.74, 6) is -4.93. The van der Waals surface area contributed by atoms with Crippen molar-refractivity contribution in [1.82, 2.24) is 31.1 Å². The number of para-hydroxylation sites is 1. The van der Waals surface area contributed by atoms with Crippen molar-refractivity contribution in [2.75, 3.05) is 33.8 Å². The Bertz CT molecular complexity index is 2110. The number of hydrogen-bond donors (Lipinski definition) is 10. The van der Waals surface area contributed by atoms with E-state index in [1.54, 1.807) is 18.2 Å². The minimum absolute atomic E-state index is 0.122. The lowest BCUT2D eigenvalue weighted by Crippen LogP contribution is -2.58. The number of carbonyl (C=O) groups excluding carboxylic acids is 6. The van der Waals surface area contributed by atoms with Gasteiger partial charge in [0.05, 0.1) is 25.8 Å². The van der Waals surface area contributed by atoms with Crippen LogP contribution < -0.4 is 26.0 Å². The second-order valence-electron chi connectivity index (χ2n) is 19.1. The first-order valence-corrected chi connectivity index (χ1v) is 24.8. The van der Waals surface area contributed by atoms with Crippen molar-refractivity contribution in [3.8, 4) is 22.6 Å². The van der Waals surface area contributed by atoms with Crippen LogP contribution in [0.3, 0.4) is 0 Å². The first-order chi connectivity index (χ1) is 34.0. The van der Waals surface area contributed by atoms with Crippen molar-refractivity contribution in [3.05, 3.63) is 48.0 Å². The van der Waals surface area contributed by atoms with Gasteiger partial charge in [-0.15, -0.1) is 0 Å². The van der Waals surface area contributed by atoms with Crippen LogP contribution in [-0.4, -0.2) is 171 Å². The van der Waals surface area contributed by atoms with E-state index in [0.29, 0.717) is 17.5 Å². The van der Waals surface area contributed by atoms with Crippen LogP contribution in [0.15, 0.2) is 42.5 Å². The summed E-state index contributed by atoms with van der Waals surface area (Å²) < 4.78 is 11.4. The molecule has 2 aromatic carbocycles. The average Bonchev–Trinajstić information content (AvgIpc) is 3.33. The van der Waals surface area contributed by atoms with Gasteiger partial charge in [0, 0.05) is 38.1 Å². The molecule has 4 unspecified atom stereocenters. The number of nitrogens with zero attached hydrogens (tertiary/aromatic N) is 2. The largest absolute Gasteiger partial charge is 0.507 e. The van der Waals surface area contributed by atoms with Crippen LogP contribution >= 0.6 is 0 Å². The molecule has 0 radical (unpaired) electrons. The molecule has 0 aliphatic carbocycles. The number of nitrogens with one attached hydrogen (secondary N) is 4. The summed E-state index contributed by atoms with van der Waals surface area (Å²) in [5.41, 5.74) is 0.865. The van der Waals surface area contributed by atoms with Crippen LogP contribution in [0.1, 0.15) is 111 Å². The van der Waals surface area contributed by atoms with E-state index in [4.69, 9.17) is 9.47 Å². The number of phenolic OH excluding ortho intramolecular Hbond substituents is 1. The Morgan fingerprint density at radius 1 is 0.722 bits per heavy atom. The minimum Gasteiger partial charge on any atom is -0.507 e. The fraction of sp³-hybridized carbons (Fsp3) is 0.627. The number of unbranched alkanes of at least 4 members (excludes halogenated alkanes) is 8. The van der Waals surface area contributed by atoms with Gasteiger partial charge in [0.15, 0.2) is 0 Å². The molecule has 1 heterocycles. The van der Waals surface area contributed by atoms with E-state index < -0.39 is 110 Å². The maximum atomic E-state index is 13.1. The fourth-order valence-corrected chi connectivity index (χ4v) is 7.97. The number of aromatic hydroxyl groups is 1. The number of rotatable bonds is 30. The third kappa shape index (κ3) is 19.3. The Labute approximate surface area is 422 Å². The van der Waals surface area contributed by atoms with Gasteiger partial charge in [-0.3, -0.25) is 28.8 Å². The fourth-order valence-electron chi connectivity index (χ4n) is 7.97. The molecule has 402 valence electrons. The lowest BCUT2D eigenvalue weighted by Gasteiger charge is -2.39. The highest BCUT2D eigenvalue weighted by Gasteiger charge is 2.43. The molecular weight excluding hydrogens is 937 g/mol. The smallest absolute Gasteiger partial charge is 0.326 e. The highest BCUT2D eigenvalue weighted by Crippen LogP contribution is 2.38. The van der Waals surface area contributed by atoms with Crippen molar-refractivity contribution < 1.29 is 73.7 Å². The average molecular weight is 1020 g/mol. The molecule has 0 aromatic heterocycles. The van der Waals surface area contributed by atoms with E-state index in [2.05, 4.69) is 35.1 Å². The molecule has 0 spiro atoms. The molecule has 1 aliphatic rings. The molecular formula is C51H78N6O15. The summed E-state index contributed by atoms with van der Waals surface area (Å²) in [4.78, 5) is 92.0. The number of hydrogen-bond acceptors (Lipinski definition) is 14. The maximum absolute atomic E-state index is 13.1. The molecule has 1 saturated heterocycles. The van der Waals surface area contributed by atoms with E-state index in [-0.39, 0.29) is 35.8 Å². The minimum atomic E-state index is -1.61. The quantitative estimate of drug-likeness (QED) is 0.0499. The third-order valence-corrected chi connectivity index (χ3v) is 12.6. The normalized spacial score (nSPS) is 19.2. The first kappa shape index (κ1) is 60.4. The van der Waals surface area contributed by atoms with Gasteiger partial charge in [0.25, 0.3) is 0 Å². The number of aliphatic hydroxyl groups excluding tert-OH is 4. The molecule has 1 fully saturated rings. The van der Waals surface area contributed by atoms with E-state index in [1.807, 2.05) is 0 Å². The van der Waals surface area contributed by atoms with Crippen LogP contribution in [0.2, 0.25) is 0 Å². The van der Waals surface area contributed by atoms with Gasteiger partial charge in [-0.2, -0.15) is 0 Å². The van der Waals surface area contributed by atoms with Crippen molar-refractivity contribution >= 4 is 41.4 Å². The molecule has 0 saturated carbocycles. The summed E-state index contributed by atoms with van der Waals surface area (Å²) in [7, 11) is 2.69. The Morgan fingerprint density at radius 3 is 1.96 bits per heavy atom. The number of carboxylic acid groups (broad SMARTS) is 1. The Balaban J connectivity index is 1.44. The molecule has 10 N–H and O–H groups in total. The van der Waals surface area contributed by atoms with Gasteiger partial charge >= 0.3 is 5.97 Å². The number of ether oxygens (including phenoxy) is 2. The maximum Gasteiger partial charge on any atom is 0.326 e. The number of carboxylic acids is 1. The molecule has 6 amide bonds. The van der Waals surface area contributed by atoms with Gasteiger partial charge < -0.3 is 71.2 Å². The highest BCUT2D eigenvalue weighted by atomic mass is 16.7. The number of aliphatic carboxylic acids is 1. The van der Waals surface area contributed by atoms with E-state index in [1.165, 1.54) is 97.7 Å². The highest BCUT2D eigenvalue weighted by molar-refractivity contribution is 5.94.